The summed E-state index contributed by atoms with van der Waals surface area (Å²) in [4.78, 5) is 19.7. The van der Waals surface area contributed by atoms with Crippen LogP contribution in [0.5, 0.6) is 0 Å². The standard InChI is InChI=1S/C28H35N3O4S/c1-20(2)31-25(16-29-28(31)36(33,34)19-24-9-6-5-8-22(24)4)17-30(18-26-10-7-15-35-26)27(32)23-13-11-21(3)12-14-23/h5-6,8-9,11-14,16,20,26H,7,10,15,17-19H2,1-4H3. The van der Waals surface area contributed by atoms with Crippen molar-refractivity contribution >= 4 is 15.7 Å². The summed E-state index contributed by atoms with van der Waals surface area (Å²) in [6, 6.07) is 14.8. The largest absolute Gasteiger partial charge is 0.376 e. The maximum atomic E-state index is 13.5. The summed E-state index contributed by atoms with van der Waals surface area (Å²) < 4.78 is 34.5. The summed E-state index contributed by atoms with van der Waals surface area (Å²) >= 11 is 0. The highest BCUT2D eigenvalue weighted by molar-refractivity contribution is 7.90. The molecular formula is C28H35N3O4S. The Morgan fingerprint density at radius 3 is 2.50 bits per heavy atom. The normalized spacial score (nSPS) is 16.0. The summed E-state index contributed by atoms with van der Waals surface area (Å²) in [6.07, 6.45) is 3.44. The van der Waals surface area contributed by atoms with E-state index in [0.717, 1.165) is 29.5 Å². The molecule has 0 bridgehead atoms. The SMILES string of the molecule is Cc1ccc(C(=O)N(Cc2cnc(S(=O)(=O)Cc3ccccc3C)n2C(C)C)CC2CCCO2)cc1. The van der Waals surface area contributed by atoms with Crippen LogP contribution < -0.4 is 0 Å². The molecule has 1 unspecified atom stereocenters. The zero-order chi connectivity index (χ0) is 25.9. The van der Waals surface area contributed by atoms with Crippen molar-refractivity contribution in [2.45, 2.75) is 70.1 Å². The predicted octanol–water partition coefficient (Wildman–Crippen LogP) is 4.88. The molecule has 1 aliphatic heterocycles. The number of aryl methyl sites for hydroxylation is 2. The van der Waals surface area contributed by atoms with Crippen LogP contribution in [0.4, 0.5) is 0 Å². The topological polar surface area (TPSA) is 81.5 Å². The average Bonchev–Trinajstić information content (AvgIpc) is 3.50. The van der Waals surface area contributed by atoms with Gasteiger partial charge >= 0.3 is 0 Å². The van der Waals surface area contributed by atoms with Gasteiger partial charge in [-0.1, -0.05) is 42.0 Å². The van der Waals surface area contributed by atoms with Crippen LogP contribution in [0.3, 0.4) is 0 Å². The van der Waals surface area contributed by atoms with E-state index >= 15 is 0 Å². The Morgan fingerprint density at radius 1 is 1.14 bits per heavy atom. The molecule has 0 N–H and O–H groups in total. The minimum atomic E-state index is -3.70. The van der Waals surface area contributed by atoms with Crippen LogP contribution in [0.1, 0.15) is 65.5 Å². The summed E-state index contributed by atoms with van der Waals surface area (Å²) in [5.74, 6) is -0.226. The zero-order valence-corrected chi connectivity index (χ0v) is 22.3. The van der Waals surface area contributed by atoms with Gasteiger partial charge in [-0.15, -0.1) is 0 Å². The predicted molar refractivity (Wildman–Crippen MR) is 140 cm³/mol. The summed E-state index contributed by atoms with van der Waals surface area (Å²) in [7, 11) is -3.70. The second-order valence-electron chi connectivity index (χ2n) is 9.87. The maximum Gasteiger partial charge on any atom is 0.254 e. The number of hydrogen-bond acceptors (Lipinski definition) is 5. The molecule has 7 nitrogen and oxygen atoms in total. The molecule has 3 aromatic rings. The fraction of sp³-hybridized carbons (Fsp3) is 0.429. The number of carbonyl (C=O) groups excluding carboxylic acids is 1. The monoisotopic (exact) mass is 509 g/mol. The molecule has 0 radical (unpaired) electrons. The quantitative estimate of drug-likeness (QED) is 0.411. The van der Waals surface area contributed by atoms with E-state index in [1.165, 1.54) is 0 Å². The number of sulfone groups is 1. The Hall–Kier alpha value is -2.97. The molecule has 36 heavy (non-hydrogen) atoms. The molecule has 1 fully saturated rings. The lowest BCUT2D eigenvalue weighted by Crippen LogP contribution is -2.37. The summed E-state index contributed by atoms with van der Waals surface area (Å²) in [5.41, 5.74) is 4.05. The van der Waals surface area contributed by atoms with Crippen LogP contribution in [0.25, 0.3) is 0 Å². The molecule has 0 spiro atoms. The number of nitrogens with zero attached hydrogens (tertiary/aromatic N) is 3. The maximum absolute atomic E-state index is 13.5. The van der Waals surface area contributed by atoms with Crippen molar-refractivity contribution in [2.75, 3.05) is 13.2 Å². The van der Waals surface area contributed by atoms with E-state index in [-0.39, 0.29) is 35.5 Å². The second-order valence-corrected chi connectivity index (χ2v) is 11.8. The Labute approximate surface area is 214 Å². The van der Waals surface area contributed by atoms with Crippen LogP contribution in [-0.2, 0) is 26.9 Å². The first-order valence-electron chi connectivity index (χ1n) is 12.5. The fourth-order valence-electron chi connectivity index (χ4n) is 4.65. The van der Waals surface area contributed by atoms with Crippen molar-refractivity contribution in [1.82, 2.24) is 14.5 Å². The van der Waals surface area contributed by atoms with Gasteiger partial charge in [0.05, 0.1) is 30.3 Å². The number of carbonyl (C=O) groups is 1. The number of imidazole rings is 1. The van der Waals surface area contributed by atoms with E-state index in [1.807, 2.05) is 76.2 Å². The Morgan fingerprint density at radius 2 is 1.86 bits per heavy atom. The smallest absolute Gasteiger partial charge is 0.254 e. The Bertz CT molecular complexity index is 1310. The lowest BCUT2D eigenvalue weighted by molar-refractivity contribution is 0.0500. The van der Waals surface area contributed by atoms with Crippen molar-refractivity contribution in [2.24, 2.45) is 0 Å². The molecule has 192 valence electrons. The molecule has 1 aromatic heterocycles. The number of ether oxygens (including phenoxy) is 1. The third-order valence-corrected chi connectivity index (χ3v) is 8.18. The molecule has 1 atom stereocenters. The van der Waals surface area contributed by atoms with Gasteiger partial charge in [-0.25, -0.2) is 13.4 Å². The van der Waals surface area contributed by atoms with E-state index in [2.05, 4.69) is 4.98 Å². The highest BCUT2D eigenvalue weighted by Gasteiger charge is 2.29. The first-order valence-corrected chi connectivity index (χ1v) is 14.1. The van der Waals surface area contributed by atoms with Crippen LogP contribution in [0, 0.1) is 13.8 Å². The minimum absolute atomic E-state index is 0.0286. The zero-order valence-electron chi connectivity index (χ0n) is 21.5. The number of aromatic nitrogens is 2. The van der Waals surface area contributed by atoms with E-state index in [0.29, 0.717) is 24.4 Å². The van der Waals surface area contributed by atoms with E-state index in [1.54, 1.807) is 15.7 Å². The number of amides is 1. The average molecular weight is 510 g/mol. The van der Waals surface area contributed by atoms with Gasteiger partial charge < -0.3 is 14.2 Å². The Kier molecular flexibility index (Phi) is 7.95. The molecule has 2 heterocycles. The molecule has 1 aliphatic rings. The molecule has 8 heteroatoms. The molecular weight excluding hydrogens is 474 g/mol. The van der Waals surface area contributed by atoms with Crippen molar-refractivity contribution in [3.8, 4) is 0 Å². The number of benzene rings is 2. The summed E-state index contributed by atoms with van der Waals surface area (Å²) in [5, 5.41) is 0.0376. The van der Waals surface area contributed by atoms with E-state index in [9.17, 15) is 13.2 Å². The molecule has 0 aliphatic carbocycles. The van der Waals surface area contributed by atoms with Gasteiger partial charge in [-0.3, -0.25) is 4.79 Å². The minimum Gasteiger partial charge on any atom is -0.376 e. The van der Waals surface area contributed by atoms with Crippen LogP contribution in [0.15, 0.2) is 59.9 Å². The van der Waals surface area contributed by atoms with Crippen LogP contribution in [-0.4, -0.2) is 48.0 Å². The van der Waals surface area contributed by atoms with Crippen LogP contribution >= 0.6 is 0 Å². The highest BCUT2D eigenvalue weighted by Crippen LogP contribution is 2.25. The lowest BCUT2D eigenvalue weighted by atomic mass is 10.1. The Balaban J connectivity index is 1.66. The van der Waals surface area contributed by atoms with Gasteiger partial charge in [-0.2, -0.15) is 0 Å². The van der Waals surface area contributed by atoms with Gasteiger partial charge in [0.2, 0.25) is 15.0 Å². The molecule has 0 saturated carbocycles. The van der Waals surface area contributed by atoms with E-state index in [4.69, 9.17) is 4.74 Å². The number of rotatable bonds is 9. The van der Waals surface area contributed by atoms with Crippen molar-refractivity contribution < 1.29 is 17.9 Å². The fourth-order valence-corrected chi connectivity index (χ4v) is 6.35. The molecule has 2 aromatic carbocycles. The first kappa shape index (κ1) is 26.1. The highest BCUT2D eigenvalue weighted by atomic mass is 32.2. The van der Waals surface area contributed by atoms with Gasteiger partial charge in [-0.05, 0) is 63.8 Å². The third-order valence-electron chi connectivity index (χ3n) is 6.63. The second kappa shape index (κ2) is 11.0. The van der Waals surface area contributed by atoms with Crippen molar-refractivity contribution in [3.05, 3.63) is 82.7 Å². The molecule has 1 amide bonds. The molecule has 1 saturated heterocycles. The lowest BCUT2D eigenvalue weighted by Gasteiger charge is -2.27. The van der Waals surface area contributed by atoms with Crippen molar-refractivity contribution in [1.29, 1.82) is 0 Å². The van der Waals surface area contributed by atoms with Gasteiger partial charge in [0.25, 0.3) is 5.91 Å². The van der Waals surface area contributed by atoms with Crippen molar-refractivity contribution in [3.63, 3.8) is 0 Å². The summed E-state index contributed by atoms with van der Waals surface area (Å²) in [6.45, 7) is 9.15. The van der Waals surface area contributed by atoms with Crippen LogP contribution in [0.2, 0.25) is 0 Å². The third kappa shape index (κ3) is 5.87. The van der Waals surface area contributed by atoms with Gasteiger partial charge in [0.1, 0.15) is 0 Å². The molecule has 4 rings (SSSR count). The van der Waals surface area contributed by atoms with Gasteiger partial charge in [0.15, 0.2) is 0 Å². The van der Waals surface area contributed by atoms with Gasteiger partial charge in [0, 0.05) is 24.8 Å². The first-order chi connectivity index (χ1) is 17.2. The number of hydrogen-bond donors (Lipinski definition) is 0. The van der Waals surface area contributed by atoms with E-state index < -0.39 is 9.84 Å².